The number of nitrogens with zero attached hydrogens (tertiary/aromatic N) is 1. The van der Waals surface area contributed by atoms with Gasteiger partial charge in [0.25, 0.3) is 0 Å². The van der Waals surface area contributed by atoms with E-state index in [0.717, 1.165) is 26.1 Å². The van der Waals surface area contributed by atoms with Gasteiger partial charge in [-0.3, -0.25) is 4.79 Å². The maximum atomic E-state index is 11.2. The fourth-order valence-electron chi connectivity index (χ4n) is 2.00. The molecular weight excluding hydrogens is 176 g/mol. The van der Waals surface area contributed by atoms with Crippen molar-refractivity contribution in [2.24, 2.45) is 0 Å². The van der Waals surface area contributed by atoms with Gasteiger partial charge in [0.2, 0.25) is 5.91 Å². The van der Waals surface area contributed by atoms with Crippen LogP contribution in [-0.4, -0.2) is 41.9 Å². The highest BCUT2D eigenvalue weighted by molar-refractivity contribution is 6.27. The molecule has 1 amide bonds. The Morgan fingerprint density at radius 2 is 2.33 bits per heavy atom. The Balaban J connectivity index is 1.93. The molecule has 1 atom stereocenters. The fourth-order valence-corrected chi connectivity index (χ4v) is 2.17. The van der Waals surface area contributed by atoms with Crippen LogP contribution >= 0.6 is 11.6 Å². The second-order valence-electron chi connectivity index (χ2n) is 3.66. The summed E-state index contributed by atoms with van der Waals surface area (Å²) in [4.78, 5) is 13.1. The van der Waals surface area contributed by atoms with E-state index in [0.29, 0.717) is 0 Å². The number of amides is 1. The third kappa shape index (κ3) is 1.21. The van der Waals surface area contributed by atoms with Gasteiger partial charge in [-0.15, -0.1) is 11.6 Å². The zero-order chi connectivity index (χ0) is 8.60. The maximum Gasteiger partial charge on any atom is 0.237 e. The van der Waals surface area contributed by atoms with Crippen LogP contribution in [0, 0.1) is 0 Å². The van der Waals surface area contributed by atoms with Gasteiger partial charge in [-0.2, -0.15) is 0 Å². The molecule has 0 aromatic carbocycles. The summed E-state index contributed by atoms with van der Waals surface area (Å²) in [5, 5.41) is 3.39. The lowest BCUT2D eigenvalue weighted by Gasteiger charge is -2.39. The highest BCUT2D eigenvalue weighted by Crippen LogP contribution is 2.29. The zero-order valence-corrected chi connectivity index (χ0v) is 7.73. The summed E-state index contributed by atoms with van der Waals surface area (Å²) < 4.78 is 0. The molecule has 0 unspecified atom stereocenters. The Labute approximate surface area is 77.1 Å². The van der Waals surface area contributed by atoms with Gasteiger partial charge < -0.3 is 10.2 Å². The van der Waals surface area contributed by atoms with E-state index in [1.54, 1.807) is 0 Å². The van der Waals surface area contributed by atoms with Crippen LogP contribution in [0.4, 0.5) is 0 Å². The minimum Gasteiger partial charge on any atom is -0.340 e. The molecule has 2 rings (SSSR count). The summed E-state index contributed by atoms with van der Waals surface area (Å²) in [6.45, 7) is 2.83. The van der Waals surface area contributed by atoms with E-state index in [1.807, 2.05) is 4.90 Å². The first-order valence-corrected chi connectivity index (χ1v) is 4.88. The lowest BCUT2D eigenvalue weighted by Crippen LogP contribution is -2.58. The van der Waals surface area contributed by atoms with E-state index >= 15 is 0 Å². The van der Waals surface area contributed by atoms with Crippen LogP contribution in [0.3, 0.4) is 0 Å². The lowest BCUT2D eigenvalue weighted by atomic mass is 9.87. The number of hydrogen-bond acceptors (Lipinski definition) is 2. The molecule has 1 spiro atoms. The summed E-state index contributed by atoms with van der Waals surface area (Å²) in [6.07, 6.45) is 2.30. The summed E-state index contributed by atoms with van der Waals surface area (Å²) in [7, 11) is 0. The third-order valence-electron chi connectivity index (χ3n) is 2.92. The number of carbonyl (C=O) groups is 1. The van der Waals surface area contributed by atoms with Crippen LogP contribution in [0.2, 0.25) is 0 Å². The number of hydrogen-bond donors (Lipinski definition) is 1. The number of nitrogens with one attached hydrogen (secondary N) is 1. The van der Waals surface area contributed by atoms with E-state index in [9.17, 15) is 4.79 Å². The van der Waals surface area contributed by atoms with Crippen LogP contribution in [0.1, 0.15) is 12.8 Å². The van der Waals surface area contributed by atoms with Crippen LogP contribution < -0.4 is 5.32 Å². The van der Waals surface area contributed by atoms with E-state index in [-0.39, 0.29) is 17.3 Å². The van der Waals surface area contributed by atoms with Crippen LogP contribution in [0.25, 0.3) is 0 Å². The number of rotatable bonds is 1. The predicted octanol–water partition coefficient (Wildman–Crippen LogP) is 0.190. The van der Waals surface area contributed by atoms with Gasteiger partial charge in [0.1, 0.15) is 5.88 Å². The van der Waals surface area contributed by atoms with Crippen molar-refractivity contribution < 1.29 is 4.79 Å². The summed E-state index contributed by atoms with van der Waals surface area (Å²) in [5.41, 5.74) is 0.266. The number of carbonyl (C=O) groups excluding carboxylic acids is 1. The fraction of sp³-hybridized carbons (Fsp3) is 0.875. The molecule has 12 heavy (non-hydrogen) atoms. The van der Waals surface area contributed by atoms with Crippen molar-refractivity contribution in [2.45, 2.75) is 18.4 Å². The van der Waals surface area contributed by atoms with Crippen molar-refractivity contribution in [3.63, 3.8) is 0 Å². The highest BCUT2D eigenvalue weighted by atomic mass is 35.5. The molecule has 2 aliphatic heterocycles. The molecule has 2 aliphatic rings. The molecule has 0 bridgehead atoms. The Bertz CT molecular complexity index is 203. The molecule has 2 fully saturated rings. The molecule has 4 heteroatoms. The first kappa shape index (κ1) is 8.32. The van der Waals surface area contributed by atoms with Gasteiger partial charge in [0, 0.05) is 18.6 Å². The van der Waals surface area contributed by atoms with E-state index in [4.69, 9.17) is 11.6 Å². The smallest absolute Gasteiger partial charge is 0.237 e. The van der Waals surface area contributed by atoms with E-state index in [2.05, 4.69) is 5.32 Å². The van der Waals surface area contributed by atoms with Crippen LogP contribution in [0.15, 0.2) is 0 Å². The lowest BCUT2D eigenvalue weighted by molar-refractivity contribution is -0.127. The molecular formula is C8H13ClN2O. The van der Waals surface area contributed by atoms with Gasteiger partial charge in [-0.05, 0) is 19.4 Å². The van der Waals surface area contributed by atoms with Crippen molar-refractivity contribution in [3.8, 4) is 0 Å². The molecule has 1 N–H and O–H groups in total. The number of alkyl halides is 1. The molecule has 0 saturated carbocycles. The van der Waals surface area contributed by atoms with E-state index in [1.165, 1.54) is 6.42 Å². The van der Waals surface area contributed by atoms with Crippen molar-refractivity contribution in [3.05, 3.63) is 0 Å². The van der Waals surface area contributed by atoms with Gasteiger partial charge >= 0.3 is 0 Å². The minimum atomic E-state index is 0.0715. The Kier molecular flexibility index (Phi) is 2.00. The third-order valence-corrected chi connectivity index (χ3v) is 3.15. The van der Waals surface area contributed by atoms with Gasteiger partial charge in [-0.25, -0.2) is 0 Å². The first-order valence-electron chi connectivity index (χ1n) is 4.35. The summed E-state index contributed by atoms with van der Waals surface area (Å²) >= 11 is 5.47. The second kappa shape index (κ2) is 2.89. The number of likely N-dealkylation sites (tertiary alicyclic amines) is 1. The van der Waals surface area contributed by atoms with Crippen molar-refractivity contribution in [2.75, 3.05) is 25.5 Å². The van der Waals surface area contributed by atoms with Crippen molar-refractivity contribution in [1.82, 2.24) is 10.2 Å². The molecule has 0 aromatic heterocycles. The first-order chi connectivity index (χ1) is 5.76. The molecule has 0 radical (unpaired) electrons. The molecule has 3 nitrogen and oxygen atoms in total. The molecule has 68 valence electrons. The molecule has 2 saturated heterocycles. The minimum absolute atomic E-state index is 0.0715. The predicted molar refractivity (Wildman–Crippen MR) is 47.3 cm³/mol. The van der Waals surface area contributed by atoms with Gasteiger partial charge in [0.15, 0.2) is 0 Å². The SMILES string of the molecule is O=C(CCl)N1CC[C@@]2(CCN2)C1. The molecule has 0 aromatic rings. The van der Waals surface area contributed by atoms with E-state index < -0.39 is 0 Å². The topological polar surface area (TPSA) is 32.3 Å². The van der Waals surface area contributed by atoms with Crippen LogP contribution in [-0.2, 0) is 4.79 Å². The quantitative estimate of drug-likeness (QED) is 0.596. The Morgan fingerprint density at radius 3 is 2.75 bits per heavy atom. The second-order valence-corrected chi connectivity index (χ2v) is 3.92. The molecule has 2 heterocycles. The summed E-state index contributed by atoms with van der Waals surface area (Å²) in [6, 6.07) is 0. The Hall–Kier alpha value is -0.280. The largest absolute Gasteiger partial charge is 0.340 e. The monoisotopic (exact) mass is 188 g/mol. The number of halogens is 1. The van der Waals surface area contributed by atoms with Gasteiger partial charge in [-0.1, -0.05) is 0 Å². The zero-order valence-electron chi connectivity index (χ0n) is 6.98. The standard InChI is InChI=1S/C8H13ClN2O/c9-5-7(12)11-4-2-8(6-11)1-3-10-8/h10H,1-6H2/t8-/m0/s1. The Morgan fingerprint density at radius 1 is 1.58 bits per heavy atom. The van der Waals surface area contributed by atoms with Gasteiger partial charge in [0.05, 0.1) is 0 Å². The highest BCUT2D eigenvalue weighted by Gasteiger charge is 2.43. The summed E-state index contributed by atoms with van der Waals surface area (Å²) in [5.74, 6) is 0.193. The van der Waals surface area contributed by atoms with Crippen LogP contribution in [0.5, 0.6) is 0 Å². The average molecular weight is 189 g/mol. The van der Waals surface area contributed by atoms with Crippen molar-refractivity contribution in [1.29, 1.82) is 0 Å². The normalized spacial score (nSPS) is 33.9. The van der Waals surface area contributed by atoms with Crippen molar-refractivity contribution >= 4 is 17.5 Å². The maximum absolute atomic E-state index is 11.2. The molecule has 0 aliphatic carbocycles. The average Bonchev–Trinajstić information content (AvgIpc) is 2.46.